The van der Waals surface area contributed by atoms with Gasteiger partial charge in [0.2, 0.25) is 5.91 Å². The number of anilines is 2. The van der Waals surface area contributed by atoms with Crippen LogP contribution in [0, 0.1) is 11.3 Å². The first-order valence-electron chi connectivity index (χ1n) is 8.93. The molecule has 1 aliphatic rings. The molecule has 2 aromatic rings. The Balaban J connectivity index is 1.70. The number of nitrogens with one attached hydrogen (secondary N) is 1. The van der Waals surface area contributed by atoms with Crippen LogP contribution in [0.25, 0.3) is 0 Å². The van der Waals surface area contributed by atoms with Gasteiger partial charge in [0.25, 0.3) is 5.91 Å². The van der Waals surface area contributed by atoms with Crippen LogP contribution in [0.1, 0.15) is 15.9 Å². The van der Waals surface area contributed by atoms with E-state index < -0.39 is 5.91 Å². The molecule has 7 nitrogen and oxygen atoms in total. The number of phenolic OH excluding ortho intramolecular Hbond substituents is 1. The van der Waals surface area contributed by atoms with E-state index in [4.69, 9.17) is 16.9 Å². The number of hydrogen-bond acceptors (Lipinski definition) is 5. The number of hydrogen-bond donors (Lipinski definition) is 2. The average Bonchev–Trinajstić information content (AvgIpc) is 2.74. The Morgan fingerprint density at radius 2 is 1.90 bits per heavy atom. The summed E-state index contributed by atoms with van der Waals surface area (Å²) in [5.41, 5.74) is 1.83. The Morgan fingerprint density at radius 3 is 2.52 bits per heavy atom. The third kappa shape index (κ3) is 4.50. The summed E-state index contributed by atoms with van der Waals surface area (Å²) in [7, 11) is 0. The van der Waals surface area contributed by atoms with E-state index >= 15 is 0 Å². The predicted octanol–water partition coefficient (Wildman–Crippen LogP) is 3.00. The zero-order chi connectivity index (χ0) is 21.0. The van der Waals surface area contributed by atoms with Crippen molar-refractivity contribution in [3.8, 4) is 11.8 Å². The number of halogens is 1. The van der Waals surface area contributed by atoms with Crippen LogP contribution >= 0.6 is 11.6 Å². The second-order valence-corrected chi connectivity index (χ2v) is 6.89. The number of piperazine rings is 1. The molecule has 1 aliphatic heterocycles. The van der Waals surface area contributed by atoms with Gasteiger partial charge in [-0.15, -0.1) is 0 Å². The van der Waals surface area contributed by atoms with Crippen molar-refractivity contribution in [2.75, 3.05) is 36.4 Å². The molecule has 29 heavy (non-hydrogen) atoms. The maximum absolute atomic E-state index is 12.9. The van der Waals surface area contributed by atoms with Gasteiger partial charge in [0, 0.05) is 31.9 Å². The molecule has 3 rings (SSSR count). The first kappa shape index (κ1) is 20.2. The monoisotopic (exact) mass is 410 g/mol. The summed E-state index contributed by atoms with van der Waals surface area (Å²) in [6.45, 7) is 5.39. The van der Waals surface area contributed by atoms with Crippen LogP contribution in [0.5, 0.6) is 5.75 Å². The number of amides is 2. The van der Waals surface area contributed by atoms with Crippen molar-refractivity contribution in [3.05, 3.63) is 65.2 Å². The predicted molar refractivity (Wildman–Crippen MR) is 111 cm³/mol. The second-order valence-electron chi connectivity index (χ2n) is 6.48. The molecule has 0 saturated carbocycles. The minimum absolute atomic E-state index is 0.122. The van der Waals surface area contributed by atoms with Gasteiger partial charge in [-0.25, -0.2) is 0 Å². The maximum Gasteiger partial charge on any atom is 0.257 e. The molecular formula is C21H19ClN4O3. The number of benzene rings is 2. The van der Waals surface area contributed by atoms with Gasteiger partial charge in [-0.05, 0) is 42.5 Å². The van der Waals surface area contributed by atoms with Gasteiger partial charge in [-0.3, -0.25) is 9.59 Å². The van der Waals surface area contributed by atoms with Crippen molar-refractivity contribution in [1.29, 1.82) is 5.26 Å². The van der Waals surface area contributed by atoms with Gasteiger partial charge in [-0.1, -0.05) is 18.2 Å². The van der Waals surface area contributed by atoms with Crippen LogP contribution in [-0.4, -0.2) is 48.0 Å². The standard InChI is InChI=1S/C21H19ClN4O3/c1-2-20(28)24-15-4-6-19(27)16(12-15)21(29)26-9-7-25(8-10-26)18-5-3-14(13-23)11-17(18)22/h2-6,11-12,27H,1,7-10H2,(H,24,28). The summed E-state index contributed by atoms with van der Waals surface area (Å²) in [4.78, 5) is 28.0. The molecule has 0 unspecified atom stereocenters. The van der Waals surface area contributed by atoms with Crippen LogP contribution in [0.15, 0.2) is 49.1 Å². The second kappa shape index (κ2) is 8.67. The average molecular weight is 411 g/mol. The van der Waals surface area contributed by atoms with E-state index in [0.29, 0.717) is 42.5 Å². The molecule has 0 spiro atoms. The van der Waals surface area contributed by atoms with E-state index in [1.54, 1.807) is 23.1 Å². The molecule has 0 aliphatic carbocycles. The fraction of sp³-hybridized carbons (Fsp3) is 0.190. The maximum atomic E-state index is 12.9. The van der Waals surface area contributed by atoms with Crippen LogP contribution in [0.4, 0.5) is 11.4 Å². The SMILES string of the molecule is C=CC(=O)Nc1ccc(O)c(C(=O)N2CCN(c3ccc(C#N)cc3Cl)CC2)c1. The fourth-order valence-electron chi connectivity index (χ4n) is 3.13. The minimum atomic E-state index is -0.401. The van der Waals surface area contributed by atoms with Gasteiger partial charge in [0.05, 0.1) is 27.9 Å². The molecule has 2 amide bonds. The highest BCUT2D eigenvalue weighted by molar-refractivity contribution is 6.33. The normalized spacial score (nSPS) is 13.5. The molecule has 0 bridgehead atoms. The number of nitriles is 1. The van der Waals surface area contributed by atoms with Gasteiger partial charge in [0.15, 0.2) is 0 Å². The summed E-state index contributed by atoms with van der Waals surface area (Å²) in [5, 5.41) is 22.1. The molecule has 148 valence electrons. The number of rotatable bonds is 4. The van der Waals surface area contributed by atoms with E-state index in [1.165, 1.54) is 18.2 Å². The van der Waals surface area contributed by atoms with Gasteiger partial charge >= 0.3 is 0 Å². The summed E-state index contributed by atoms with van der Waals surface area (Å²) in [6.07, 6.45) is 1.13. The molecule has 0 radical (unpaired) electrons. The largest absolute Gasteiger partial charge is 0.507 e. The lowest BCUT2D eigenvalue weighted by Crippen LogP contribution is -2.48. The number of carbonyl (C=O) groups is 2. The first-order chi connectivity index (χ1) is 13.9. The molecular weight excluding hydrogens is 392 g/mol. The third-order valence-corrected chi connectivity index (χ3v) is 4.97. The summed E-state index contributed by atoms with van der Waals surface area (Å²) in [5.74, 6) is -0.867. The Labute approximate surface area is 173 Å². The summed E-state index contributed by atoms with van der Waals surface area (Å²) >= 11 is 6.28. The van der Waals surface area contributed by atoms with Crippen molar-refractivity contribution in [1.82, 2.24) is 4.90 Å². The molecule has 1 heterocycles. The Hall–Kier alpha value is -3.50. The van der Waals surface area contributed by atoms with Crippen LogP contribution in [0.3, 0.4) is 0 Å². The van der Waals surface area contributed by atoms with Crippen molar-refractivity contribution < 1.29 is 14.7 Å². The minimum Gasteiger partial charge on any atom is -0.507 e. The zero-order valence-electron chi connectivity index (χ0n) is 15.6. The number of nitrogens with zero attached hydrogens (tertiary/aromatic N) is 3. The molecule has 2 aromatic carbocycles. The van der Waals surface area contributed by atoms with Crippen molar-refractivity contribution in [2.24, 2.45) is 0 Å². The summed E-state index contributed by atoms with van der Waals surface area (Å²) in [6, 6.07) is 11.5. The van der Waals surface area contributed by atoms with Crippen LogP contribution in [0.2, 0.25) is 5.02 Å². The van der Waals surface area contributed by atoms with Gasteiger partial charge in [-0.2, -0.15) is 5.26 Å². The summed E-state index contributed by atoms with van der Waals surface area (Å²) < 4.78 is 0. The molecule has 8 heteroatoms. The number of phenols is 1. The Kier molecular flexibility index (Phi) is 6.05. The lowest BCUT2D eigenvalue weighted by atomic mass is 10.1. The third-order valence-electron chi connectivity index (χ3n) is 4.66. The van der Waals surface area contributed by atoms with Crippen LogP contribution in [-0.2, 0) is 4.79 Å². The molecule has 1 saturated heterocycles. The van der Waals surface area contributed by atoms with E-state index in [1.807, 2.05) is 4.90 Å². The van der Waals surface area contributed by atoms with Crippen molar-refractivity contribution in [2.45, 2.75) is 0 Å². The highest BCUT2D eigenvalue weighted by atomic mass is 35.5. The van der Waals surface area contributed by atoms with Crippen molar-refractivity contribution in [3.63, 3.8) is 0 Å². The molecule has 1 fully saturated rings. The molecule has 0 atom stereocenters. The van der Waals surface area contributed by atoms with E-state index in [0.717, 1.165) is 11.8 Å². The lowest BCUT2D eigenvalue weighted by molar-refractivity contribution is -0.111. The molecule has 2 N–H and O–H groups in total. The quantitative estimate of drug-likeness (QED) is 0.596. The van der Waals surface area contributed by atoms with Gasteiger partial charge in [0.1, 0.15) is 5.75 Å². The van der Waals surface area contributed by atoms with Crippen molar-refractivity contribution >= 4 is 34.8 Å². The van der Waals surface area contributed by atoms with Gasteiger partial charge < -0.3 is 20.2 Å². The first-order valence-corrected chi connectivity index (χ1v) is 9.31. The topological polar surface area (TPSA) is 96.7 Å². The number of carbonyl (C=O) groups excluding carboxylic acids is 2. The highest BCUT2D eigenvalue weighted by Crippen LogP contribution is 2.29. The molecule has 0 aromatic heterocycles. The highest BCUT2D eigenvalue weighted by Gasteiger charge is 2.25. The Bertz CT molecular complexity index is 1010. The van der Waals surface area contributed by atoms with E-state index in [-0.39, 0.29) is 17.2 Å². The zero-order valence-corrected chi connectivity index (χ0v) is 16.3. The van der Waals surface area contributed by atoms with E-state index in [9.17, 15) is 14.7 Å². The van der Waals surface area contributed by atoms with Crippen LogP contribution < -0.4 is 10.2 Å². The Morgan fingerprint density at radius 1 is 1.17 bits per heavy atom. The fourth-order valence-corrected chi connectivity index (χ4v) is 3.43. The number of aromatic hydroxyl groups is 1. The van der Waals surface area contributed by atoms with E-state index in [2.05, 4.69) is 18.0 Å². The smallest absolute Gasteiger partial charge is 0.257 e. The lowest BCUT2D eigenvalue weighted by Gasteiger charge is -2.36.